The molecule has 2 nitrogen and oxygen atoms in total. The number of rotatable bonds is 3. The average molecular weight is 205 g/mol. The zero-order valence-electron chi connectivity index (χ0n) is 9.71. The van der Waals surface area contributed by atoms with Crippen molar-refractivity contribution in [3.8, 4) is 5.75 Å². The Hall–Kier alpha value is -1.02. The Bertz CT molecular complexity index is 369. The minimum atomic E-state index is 0.152. The van der Waals surface area contributed by atoms with Crippen LogP contribution in [-0.4, -0.2) is 7.11 Å². The molecule has 1 atom stereocenters. The highest BCUT2D eigenvalue weighted by Gasteiger charge is 2.31. The maximum atomic E-state index is 6.22. The topological polar surface area (TPSA) is 35.2 Å². The molecule has 1 unspecified atom stereocenters. The first kappa shape index (κ1) is 10.5. The summed E-state index contributed by atoms with van der Waals surface area (Å²) in [4.78, 5) is 0. The average Bonchev–Trinajstić information content (AvgIpc) is 3.04. The molecule has 0 bridgehead atoms. The second-order valence-electron chi connectivity index (χ2n) is 4.49. The lowest BCUT2D eigenvalue weighted by atomic mass is 9.97. The first-order valence-electron chi connectivity index (χ1n) is 5.54. The van der Waals surface area contributed by atoms with Gasteiger partial charge in [0.05, 0.1) is 7.11 Å². The Labute approximate surface area is 91.4 Å². The molecule has 0 saturated heterocycles. The van der Waals surface area contributed by atoms with Gasteiger partial charge in [-0.05, 0) is 43.7 Å². The van der Waals surface area contributed by atoms with Crippen LogP contribution in [0.4, 0.5) is 0 Å². The molecule has 1 aromatic rings. The zero-order valence-corrected chi connectivity index (χ0v) is 9.71. The molecule has 2 rings (SSSR count). The van der Waals surface area contributed by atoms with Crippen molar-refractivity contribution in [3.05, 3.63) is 28.8 Å². The van der Waals surface area contributed by atoms with Gasteiger partial charge in [-0.25, -0.2) is 0 Å². The minimum Gasteiger partial charge on any atom is -0.496 e. The van der Waals surface area contributed by atoms with E-state index in [2.05, 4.69) is 26.0 Å². The maximum Gasteiger partial charge on any atom is 0.126 e. The van der Waals surface area contributed by atoms with E-state index in [4.69, 9.17) is 10.5 Å². The van der Waals surface area contributed by atoms with E-state index >= 15 is 0 Å². The fourth-order valence-electron chi connectivity index (χ4n) is 2.05. The molecular formula is C13H19NO. The number of aryl methyl sites for hydroxylation is 1. The molecule has 1 aliphatic rings. The quantitative estimate of drug-likeness (QED) is 0.823. The van der Waals surface area contributed by atoms with Crippen LogP contribution >= 0.6 is 0 Å². The van der Waals surface area contributed by atoms with Crippen LogP contribution in [0.3, 0.4) is 0 Å². The van der Waals surface area contributed by atoms with Gasteiger partial charge in [0.2, 0.25) is 0 Å². The van der Waals surface area contributed by atoms with Gasteiger partial charge in [0.25, 0.3) is 0 Å². The summed E-state index contributed by atoms with van der Waals surface area (Å²) >= 11 is 0. The Morgan fingerprint density at radius 3 is 2.53 bits per heavy atom. The van der Waals surface area contributed by atoms with Gasteiger partial charge in [-0.3, -0.25) is 0 Å². The SMILES string of the molecule is COc1c(C(N)C2CC2)ccc(C)c1C. The molecule has 82 valence electrons. The molecule has 2 heteroatoms. The summed E-state index contributed by atoms with van der Waals surface area (Å²) in [5.74, 6) is 1.65. The summed E-state index contributed by atoms with van der Waals surface area (Å²) in [6.45, 7) is 4.20. The van der Waals surface area contributed by atoms with Crippen molar-refractivity contribution in [2.75, 3.05) is 7.11 Å². The van der Waals surface area contributed by atoms with Crippen LogP contribution in [0.5, 0.6) is 5.75 Å². The Morgan fingerprint density at radius 2 is 2.00 bits per heavy atom. The van der Waals surface area contributed by atoms with Crippen molar-refractivity contribution >= 4 is 0 Å². The molecule has 0 aliphatic heterocycles. The Morgan fingerprint density at radius 1 is 1.33 bits per heavy atom. The predicted octanol–water partition coefficient (Wildman–Crippen LogP) is 2.72. The fraction of sp³-hybridized carbons (Fsp3) is 0.538. The maximum absolute atomic E-state index is 6.22. The van der Waals surface area contributed by atoms with Crippen molar-refractivity contribution in [3.63, 3.8) is 0 Å². The minimum absolute atomic E-state index is 0.152. The smallest absolute Gasteiger partial charge is 0.126 e. The number of benzene rings is 1. The second kappa shape index (κ2) is 3.86. The van der Waals surface area contributed by atoms with Crippen molar-refractivity contribution in [1.82, 2.24) is 0 Å². The monoisotopic (exact) mass is 205 g/mol. The third-order valence-corrected chi connectivity index (χ3v) is 3.40. The summed E-state index contributed by atoms with van der Waals surface area (Å²) in [5.41, 5.74) is 9.86. The molecule has 15 heavy (non-hydrogen) atoms. The highest BCUT2D eigenvalue weighted by atomic mass is 16.5. The first-order chi connectivity index (χ1) is 7.15. The lowest BCUT2D eigenvalue weighted by Gasteiger charge is -2.18. The summed E-state index contributed by atoms with van der Waals surface area (Å²) in [6, 6.07) is 4.40. The third kappa shape index (κ3) is 1.86. The number of hydrogen-bond donors (Lipinski definition) is 1. The third-order valence-electron chi connectivity index (χ3n) is 3.40. The summed E-state index contributed by atoms with van der Waals surface area (Å²) in [7, 11) is 1.73. The van der Waals surface area contributed by atoms with Gasteiger partial charge < -0.3 is 10.5 Å². The van der Waals surface area contributed by atoms with Crippen LogP contribution < -0.4 is 10.5 Å². The molecule has 1 fully saturated rings. The van der Waals surface area contributed by atoms with Crippen molar-refractivity contribution in [1.29, 1.82) is 0 Å². The van der Waals surface area contributed by atoms with E-state index in [1.54, 1.807) is 7.11 Å². The van der Waals surface area contributed by atoms with Gasteiger partial charge in [0, 0.05) is 11.6 Å². The Kier molecular flexibility index (Phi) is 2.70. The van der Waals surface area contributed by atoms with Crippen molar-refractivity contribution in [2.24, 2.45) is 11.7 Å². The fourth-order valence-corrected chi connectivity index (χ4v) is 2.05. The van der Waals surface area contributed by atoms with E-state index in [1.165, 1.54) is 29.5 Å². The molecule has 1 aliphatic carbocycles. The van der Waals surface area contributed by atoms with Gasteiger partial charge in [-0.15, -0.1) is 0 Å². The Balaban J connectivity index is 2.41. The predicted molar refractivity (Wildman–Crippen MR) is 62.1 cm³/mol. The molecule has 2 N–H and O–H groups in total. The number of hydrogen-bond acceptors (Lipinski definition) is 2. The lowest BCUT2D eigenvalue weighted by Crippen LogP contribution is -2.14. The standard InChI is InChI=1S/C13H19NO/c1-8-4-7-11(12(14)10-5-6-10)13(15-3)9(8)2/h4,7,10,12H,5-6,14H2,1-3H3. The van der Waals surface area contributed by atoms with Crippen LogP contribution in [0.25, 0.3) is 0 Å². The number of methoxy groups -OCH3 is 1. The summed E-state index contributed by atoms with van der Waals surface area (Å²) < 4.78 is 5.48. The molecule has 0 heterocycles. The van der Waals surface area contributed by atoms with Crippen LogP contribution in [0.1, 0.15) is 35.6 Å². The van der Waals surface area contributed by atoms with E-state index in [0.717, 1.165) is 5.75 Å². The summed E-state index contributed by atoms with van der Waals surface area (Å²) in [5, 5.41) is 0. The van der Waals surface area contributed by atoms with E-state index in [9.17, 15) is 0 Å². The highest BCUT2D eigenvalue weighted by Crippen LogP contribution is 2.43. The summed E-state index contributed by atoms with van der Waals surface area (Å²) in [6.07, 6.45) is 2.52. The normalized spacial score (nSPS) is 17.6. The first-order valence-corrected chi connectivity index (χ1v) is 5.54. The molecular weight excluding hydrogens is 186 g/mol. The molecule has 0 spiro atoms. The van der Waals surface area contributed by atoms with Crippen LogP contribution in [-0.2, 0) is 0 Å². The van der Waals surface area contributed by atoms with Crippen LogP contribution in [0.15, 0.2) is 12.1 Å². The van der Waals surface area contributed by atoms with E-state index in [-0.39, 0.29) is 6.04 Å². The van der Waals surface area contributed by atoms with E-state index in [1.807, 2.05) is 0 Å². The molecule has 1 aromatic carbocycles. The van der Waals surface area contributed by atoms with Gasteiger partial charge in [-0.2, -0.15) is 0 Å². The van der Waals surface area contributed by atoms with Crippen molar-refractivity contribution < 1.29 is 4.74 Å². The molecule has 0 aromatic heterocycles. The zero-order chi connectivity index (χ0) is 11.0. The van der Waals surface area contributed by atoms with Gasteiger partial charge >= 0.3 is 0 Å². The van der Waals surface area contributed by atoms with Crippen molar-refractivity contribution in [2.45, 2.75) is 32.7 Å². The second-order valence-corrected chi connectivity index (χ2v) is 4.49. The molecule has 1 saturated carbocycles. The van der Waals surface area contributed by atoms with Gasteiger partial charge in [0.1, 0.15) is 5.75 Å². The molecule has 0 radical (unpaired) electrons. The lowest BCUT2D eigenvalue weighted by molar-refractivity contribution is 0.399. The number of nitrogens with two attached hydrogens (primary N) is 1. The van der Waals surface area contributed by atoms with Crippen LogP contribution in [0, 0.1) is 19.8 Å². The largest absolute Gasteiger partial charge is 0.496 e. The highest BCUT2D eigenvalue weighted by molar-refractivity contribution is 5.47. The number of ether oxygens (including phenoxy) is 1. The molecule has 0 amide bonds. The van der Waals surface area contributed by atoms with Gasteiger partial charge in [-0.1, -0.05) is 12.1 Å². The van der Waals surface area contributed by atoms with E-state index < -0.39 is 0 Å². The van der Waals surface area contributed by atoms with Crippen LogP contribution in [0.2, 0.25) is 0 Å². The van der Waals surface area contributed by atoms with Gasteiger partial charge in [0.15, 0.2) is 0 Å². The van der Waals surface area contributed by atoms with E-state index in [0.29, 0.717) is 5.92 Å².